The van der Waals surface area contributed by atoms with Crippen molar-refractivity contribution in [3.63, 3.8) is 0 Å². The third-order valence-corrected chi connectivity index (χ3v) is 4.08. The van der Waals surface area contributed by atoms with Gasteiger partial charge >= 0.3 is 0 Å². The summed E-state index contributed by atoms with van der Waals surface area (Å²) in [4.78, 5) is 19.0. The van der Waals surface area contributed by atoms with Gasteiger partial charge in [0.25, 0.3) is 0 Å². The van der Waals surface area contributed by atoms with Crippen LogP contribution in [0, 0.1) is 5.41 Å². The van der Waals surface area contributed by atoms with Crippen LogP contribution in [-0.2, 0) is 11.2 Å². The van der Waals surface area contributed by atoms with E-state index in [2.05, 4.69) is 18.8 Å². The van der Waals surface area contributed by atoms with Crippen LogP contribution in [0.4, 0.5) is 0 Å². The second-order valence-corrected chi connectivity index (χ2v) is 5.78. The van der Waals surface area contributed by atoms with Crippen LogP contribution >= 0.6 is 0 Å². The van der Waals surface area contributed by atoms with Crippen molar-refractivity contribution in [3.05, 3.63) is 30.1 Å². The minimum atomic E-state index is -0.387. The summed E-state index contributed by atoms with van der Waals surface area (Å²) in [6.45, 7) is 5.34. The zero-order valence-corrected chi connectivity index (χ0v) is 13.6. The summed E-state index contributed by atoms with van der Waals surface area (Å²) >= 11 is 0. The smallest absolute Gasteiger partial charge is 0.229 e. The Morgan fingerprint density at radius 2 is 1.95 bits per heavy atom. The molecule has 21 heavy (non-hydrogen) atoms. The molecule has 118 valence electrons. The zero-order valence-electron chi connectivity index (χ0n) is 13.6. The van der Waals surface area contributed by atoms with Gasteiger partial charge in [-0.2, -0.15) is 0 Å². The van der Waals surface area contributed by atoms with Gasteiger partial charge in [-0.05, 0) is 25.0 Å². The highest BCUT2D eigenvalue weighted by Gasteiger charge is 2.37. The van der Waals surface area contributed by atoms with E-state index in [-0.39, 0.29) is 11.3 Å². The van der Waals surface area contributed by atoms with E-state index in [0.717, 1.165) is 37.8 Å². The first kappa shape index (κ1) is 17.6. The molecule has 0 saturated heterocycles. The molecule has 0 aliphatic carbocycles. The van der Waals surface area contributed by atoms with Crippen LogP contribution in [-0.4, -0.2) is 35.9 Å². The Hall–Kier alpha value is -1.42. The minimum absolute atomic E-state index is 0.185. The summed E-state index contributed by atoms with van der Waals surface area (Å²) in [6, 6.07) is 5.87. The lowest BCUT2D eigenvalue weighted by atomic mass is 9.78. The summed E-state index contributed by atoms with van der Waals surface area (Å²) in [5.41, 5.74) is 6.59. The zero-order chi connectivity index (χ0) is 15.7. The molecule has 1 amide bonds. The van der Waals surface area contributed by atoms with E-state index in [0.29, 0.717) is 13.1 Å². The van der Waals surface area contributed by atoms with Crippen molar-refractivity contribution in [1.82, 2.24) is 9.88 Å². The van der Waals surface area contributed by atoms with Gasteiger partial charge in [-0.15, -0.1) is 0 Å². The normalized spacial score (nSPS) is 11.4. The number of rotatable bonds is 9. The molecule has 0 bridgehead atoms. The molecule has 0 unspecified atom stereocenters. The third kappa shape index (κ3) is 4.81. The maximum absolute atomic E-state index is 12.8. The Kier molecular flexibility index (Phi) is 7.37. The van der Waals surface area contributed by atoms with Crippen molar-refractivity contribution in [1.29, 1.82) is 0 Å². The van der Waals surface area contributed by atoms with Crippen molar-refractivity contribution in [2.45, 2.75) is 46.0 Å². The van der Waals surface area contributed by atoms with E-state index < -0.39 is 0 Å². The minimum Gasteiger partial charge on any atom is -0.345 e. The van der Waals surface area contributed by atoms with Gasteiger partial charge in [-0.25, -0.2) is 0 Å². The molecule has 0 fully saturated rings. The highest BCUT2D eigenvalue weighted by molar-refractivity contribution is 5.82. The Morgan fingerprint density at radius 3 is 2.43 bits per heavy atom. The lowest BCUT2D eigenvalue weighted by Gasteiger charge is -2.34. The Morgan fingerprint density at radius 1 is 1.29 bits per heavy atom. The topological polar surface area (TPSA) is 59.2 Å². The predicted octanol–water partition coefficient (Wildman–Crippen LogP) is 2.63. The molecule has 0 aromatic carbocycles. The van der Waals surface area contributed by atoms with Gasteiger partial charge < -0.3 is 10.6 Å². The monoisotopic (exact) mass is 291 g/mol. The summed E-state index contributed by atoms with van der Waals surface area (Å²) < 4.78 is 0. The summed E-state index contributed by atoms with van der Waals surface area (Å²) in [6.07, 6.45) is 6.26. The number of carbonyl (C=O) groups excluding carboxylic acids is 1. The number of amides is 1. The fraction of sp³-hybridized carbons (Fsp3) is 0.647. The van der Waals surface area contributed by atoms with E-state index in [4.69, 9.17) is 5.73 Å². The molecule has 4 heteroatoms. The van der Waals surface area contributed by atoms with E-state index in [1.165, 1.54) is 0 Å². The van der Waals surface area contributed by atoms with Crippen molar-refractivity contribution < 1.29 is 4.79 Å². The number of nitrogens with two attached hydrogens (primary N) is 1. The van der Waals surface area contributed by atoms with Crippen LogP contribution in [0.25, 0.3) is 0 Å². The molecule has 2 N–H and O–H groups in total. The van der Waals surface area contributed by atoms with E-state index in [1.54, 1.807) is 6.20 Å². The number of hydrogen-bond donors (Lipinski definition) is 1. The number of likely N-dealkylation sites (N-methyl/N-ethyl adjacent to an activating group) is 1. The van der Waals surface area contributed by atoms with E-state index in [9.17, 15) is 4.79 Å². The highest BCUT2D eigenvalue weighted by atomic mass is 16.2. The van der Waals surface area contributed by atoms with E-state index >= 15 is 0 Å². The van der Waals surface area contributed by atoms with Crippen molar-refractivity contribution in [2.24, 2.45) is 11.1 Å². The molecule has 1 rings (SSSR count). The fourth-order valence-electron chi connectivity index (χ4n) is 2.92. The Balaban J connectivity index is 2.69. The van der Waals surface area contributed by atoms with Crippen molar-refractivity contribution >= 4 is 5.91 Å². The summed E-state index contributed by atoms with van der Waals surface area (Å²) in [5.74, 6) is 0.185. The second kappa shape index (κ2) is 8.78. The number of pyridine rings is 1. The lowest BCUT2D eigenvalue weighted by Crippen LogP contribution is -2.47. The van der Waals surface area contributed by atoms with Gasteiger partial charge in [0.2, 0.25) is 5.91 Å². The fourth-order valence-corrected chi connectivity index (χ4v) is 2.92. The molecule has 1 aromatic rings. The first-order valence-electron chi connectivity index (χ1n) is 7.95. The molecule has 0 saturated carbocycles. The molecule has 4 nitrogen and oxygen atoms in total. The maximum Gasteiger partial charge on any atom is 0.229 e. The van der Waals surface area contributed by atoms with Crippen LogP contribution in [0.2, 0.25) is 0 Å². The van der Waals surface area contributed by atoms with Crippen molar-refractivity contribution in [2.75, 3.05) is 20.1 Å². The van der Waals surface area contributed by atoms with Crippen LogP contribution in [0.15, 0.2) is 24.4 Å². The first-order chi connectivity index (χ1) is 10.1. The Labute approximate surface area is 128 Å². The molecule has 1 aromatic heterocycles. The first-order valence-corrected chi connectivity index (χ1v) is 7.95. The largest absolute Gasteiger partial charge is 0.345 e. The molecule has 0 aliphatic heterocycles. The van der Waals surface area contributed by atoms with Gasteiger partial charge in [0.05, 0.1) is 5.41 Å². The highest BCUT2D eigenvalue weighted by Crippen LogP contribution is 2.31. The van der Waals surface area contributed by atoms with Gasteiger partial charge in [-0.1, -0.05) is 32.8 Å². The molecule has 0 radical (unpaired) electrons. The molecular formula is C17H29N3O. The van der Waals surface area contributed by atoms with Crippen LogP contribution in [0.5, 0.6) is 0 Å². The molecule has 0 spiro atoms. The molecule has 0 aliphatic rings. The van der Waals surface area contributed by atoms with Gasteiger partial charge in [0, 0.05) is 38.4 Å². The van der Waals surface area contributed by atoms with E-state index in [1.807, 2.05) is 30.1 Å². The summed E-state index contributed by atoms with van der Waals surface area (Å²) in [7, 11) is 1.88. The van der Waals surface area contributed by atoms with Gasteiger partial charge in [0.15, 0.2) is 0 Å². The van der Waals surface area contributed by atoms with Crippen LogP contribution in [0.1, 0.15) is 45.2 Å². The maximum atomic E-state index is 12.8. The van der Waals surface area contributed by atoms with Gasteiger partial charge in [-0.3, -0.25) is 9.78 Å². The SMILES string of the molecule is CCCC(CN)(CCC)C(=O)N(C)CCc1ccccn1. The Bertz CT molecular complexity index is 413. The van der Waals surface area contributed by atoms with Crippen LogP contribution < -0.4 is 5.73 Å². The third-order valence-electron chi connectivity index (χ3n) is 4.08. The quantitative estimate of drug-likeness (QED) is 0.761. The average Bonchev–Trinajstić information content (AvgIpc) is 2.52. The number of carbonyl (C=O) groups is 1. The standard InChI is InChI=1S/C17H29N3O/c1-4-10-17(14-18,11-5-2)16(21)20(3)13-9-15-8-6-7-12-19-15/h6-8,12H,4-5,9-11,13-14,18H2,1-3H3. The molecule has 1 heterocycles. The predicted molar refractivity (Wildman–Crippen MR) is 86.9 cm³/mol. The molecular weight excluding hydrogens is 262 g/mol. The second-order valence-electron chi connectivity index (χ2n) is 5.78. The number of hydrogen-bond acceptors (Lipinski definition) is 3. The number of nitrogens with zero attached hydrogens (tertiary/aromatic N) is 2. The molecule has 0 atom stereocenters. The van der Waals surface area contributed by atoms with Gasteiger partial charge in [0.1, 0.15) is 0 Å². The summed E-state index contributed by atoms with van der Waals surface area (Å²) in [5, 5.41) is 0. The van der Waals surface area contributed by atoms with Crippen LogP contribution in [0.3, 0.4) is 0 Å². The average molecular weight is 291 g/mol. The number of aromatic nitrogens is 1. The lowest BCUT2D eigenvalue weighted by molar-refractivity contribution is -0.141. The van der Waals surface area contributed by atoms with Crippen molar-refractivity contribution in [3.8, 4) is 0 Å².